The molecule has 0 spiro atoms. The lowest BCUT2D eigenvalue weighted by Gasteiger charge is -2.18. The average molecular weight is 271 g/mol. The van der Waals surface area contributed by atoms with Crippen LogP contribution in [0.1, 0.15) is 20.8 Å². The van der Waals surface area contributed by atoms with E-state index in [1.807, 2.05) is 4.89 Å². The first kappa shape index (κ1) is 12.9. The number of thiazole rings is 1. The molecule has 1 rings (SSSR count). The predicted octanol–water partition coefficient (Wildman–Crippen LogP) is 1.80. The van der Waals surface area contributed by atoms with Crippen molar-refractivity contribution in [2.45, 2.75) is 30.6 Å². The van der Waals surface area contributed by atoms with Crippen LogP contribution in [-0.2, 0) is 14.9 Å². The molecule has 86 valence electrons. The summed E-state index contributed by atoms with van der Waals surface area (Å²) in [5.74, 6) is 0. The summed E-state index contributed by atoms with van der Waals surface area (Å²) in [5.41, 5.74) is -0.596. The number of sulfonamides is 1. The first-order valence-corrected chi connectivity index (χ1v) is 6.70. The van der Waals surface area contributed by atoms with E-state index in [4.69, 9.17) is 16.4 Å². The molecule has 0 atom stereocenters. The van der Waals surface area contributed by atoms with Crippen LogP contribution in [0.15, 0.2) is 10.4 Å². The zero-order valence-electron chi connectivity index (χ0n) is 8.44. The molecule has 0 unspecified atom stereocenters. The van der Waals surface area contributed by atoms with Gasteiger partial charge in [0, 0.05) is 0 Å². The second-order valence-corrected chi connectivity index (χ2v) is 7.22. The Morgan fingerprint density at radius 1 is 1.53 bits per heavy atom. The van der Waals surface area contributed by atoms with E-state index in [9.17, 15) is 8.42 Å². The van der Waals surface area contributed by atoms with Crippen LogP contribution in [0.2, 0.25) is 4.47 Å². The summed E-state index contributed by atoms with van der Waals surface area (Å²) in [7, 11) is -3.67. The fraction of sp³-hybridized carbons (Fsp3) is 0.571. The number of nitrogens with one attached hydrogen (secondary N) is 1. The Balaban J connectivity index is 2.77. The van der Waals surface area contributed by atoms with Gasteiger partial charge in [-0.2, -0.15) is 0 Å². The highest BCUT2D eigenvalue weighted by atomic mass is 35.5. The molecule has 8 heteroatoms. The van der Waals surface area contributed by atoms with Gasteiger partial charge < -0.3 is 0 Å². The fourth-order valence-corrected chi connectivity index (χ4v) is 2.81. The van der Waals surface area contributed by atoms with Crippen molar-refractivity contribution in [1.82, 2.24) is 9.87 Å². The Hall–Kier alpha value is -0.210. The highest BCUT2D eigenvalue weighted by molar-refractivity contribution is 7.91. The molecular weight excluding hydrogens is 260 g/mol. The minimum absolute atomic E-state index is 0.0248. The van der Waals surface area contributed by atoms with E-state index in [0.717, 1.165) is 11.3 Å². The Kier molecular flexibility index (Phi) is 3.72. The Labute approximate surface area is 97.4 Å². The summed E-state index contributed by atoms with van der Waals surface area (Å²) in [6.45, 7) is 5.19. The smallest absolute Gasteiger partial charge is 0.273 e. The molecule has 5 nitrogen and oxygen atoms in total. The molecule has 0 fully saturated rings. The minimum Gasteiger partial charge on any atom is -0.281 e. The summed E-state index contributed by atoms with van der Waals surface area (Å²) in [5, 5.41) is 0. The van der Waals surface area contributed by atoms with Gasteiger partial charge in [0.15, 0.2) is 8.68 Å². The number of nitrogens with zero attached hydrogens (tertiary/aromatic N) is 1. The largest absolute Gasteiger partial charge is 0.281 e. The number of rotatable bonds is 3. The molecular formula is C7H11ClN2O3S2. The third-order valence-electron chi connectivity index (χ3n) is 1.18. The first-order valence-electron chi connectivity index (χ1n) is 4.02. The minimum atomic E-state index is -3.67. The summed E-state index contributed by atoms with van der Waals surface area (Å²) in [4.78, 5) is 10.6. The number of halogens is 1. The zero-order valence-corrected chi connectivity index (χ0v) is 10.8. The molecule has 0 saturated heterocycles. The van der Waals surface area contributed by atoms with Gasteiger partial charge in [-0.1, -0.05) is 27.8 Å². The maximum Gasteiger partial charge on any atom is 0.273 e. The number of hydrogen-bond donors (Lipinski definition) is 1. The van der Waals surface area contributed by atoms with Crippen molar-refractivity contribution in [1.29, 1.82) is 0 Å². The van der Waals surface area contributed by atoms with Gasteiger partial charge in [-0.15, -0.1) is 0 Å². The third kappa shape index (κ3) is 4.04. The molecule has 1 heterocycles. The lowest BCUT2D eigenvalue weighted by molar-refractivity contribution is -0.0357. The van der Waals surface area contributed by atoms with Crippen LogP contribution >= 0.6 is 22.9 Å². The van der Waals surface area contributed by atoms with E-state index >= 15 is 0 Å². The third-order valence-corrected chi connectivity index (χ3v) is 3.93. The molecule has 0 aliphatic carbocycles. The quantitative estimate of drug-likeness (QED) is 0.851. The van der Waals surface area contributed by atoms with Crippen molar-refractivity contribution in [3.05, 3.63) is 10.7 Å². The molecule has 0 saturated carbocycles. The maximum absolute atomic E-state index is 11.6. The van der Waals surface area contributed by atoms with Crippen LogP contribution in [0.4, 0.5) is 0 Å². The number of aromatic nitrogens is 1. The van der Waals surface area contributed by atoms with Crippen LogP contribution < -0.4 is 4.89 Å². The van der Waals surface area contributed by atoms with Crippen molar-refractivity contribution in [3.8, 4) is 0 Å². The van der Waals surface area contributed by atoms with Gasteiger partial charge in [0.25, 0.3) is 10.0 Å². The van der Waals surface area contributed by atoms with Crippen LogP contribution in [0, 0.1) is 0 Å². The lowest BCUT2D eigenvalue weighted by atomic mass is 10.2. The highest BCUT2D eigenvalue weighted by Gasteiger charge is 2.21. The van der Waals surface area contributed by atoms with Gasteiger partial charge >= 0.3 is 0 Å². The predicted molar refractivity (Wildman–Crippen MR) is 58.3 cm³/mol. The normalized spacial score (nSPS) is 13.1. The van der Waals surface area contributed by atoms with Crippen LogP contribution in [-0.4, -0.2) is 19.0 Å². The Morgan fingerprint density at radius 3 is 2.53 bits per heavy atom. The summed E-state index contributed by atoms with van der Waals surface area (Å²) >= 11 is 6.40. The van der Waals surface area contributed by atoms with Gasteiger partial charge in [-0.05, 0) is 20.8 Å². The van der Waals surface area contributed by atoms with Crippen LogP contribution in [0.5, 0.6) is 0 Å². The van der Waals surface area contributed by atoms with Gasteiger partial charge in [0.1, 0.15) is 0 Å². The van der Waals surface area contributed by atoms with Crippen molar-refractivity contribution >= 4 is 33.0 Å². The maximum atomic E-state index is 11.6. The monoisotopic (exact) mass is 270 g/mol. The van der Waals surface area contributed by atoms with E-state index in [1.54, 1.807) is 20.8 Å². The molecule has 0 amide bonds. The standard InChI is InChI=1S/C7H11ClN2O3S2/c1-7(2,3)13-10-15(11,12)5-4-9-6(8)14-5/h4,10H,1-3H3. The second kappa shape index (κ2) is 4.34. The van der Waals surface area contributed by atoms with Gasteiger partial charge in [-0.25, -0.2) is 13.4 Å². The van der Waals surface area contributed by atoms with E-state index in [2.05, 4.69) is 4.98 Å². The van der Waals surface area contributed by atoms with Crippen molar-refractivity contribution < 1.29 is 13.3 Å². The first-order chi connectivity index (χ1) is 6.71. The van der Waals surface area contributed by atoms with E-state index in [1.165, 1.54) is 6.20 Å². The molecule has 1 aromatic heterocycles. The Bertz CT molecular complexity index is 435. The molecule has 0 aromatic carbocycles. The summed E-state index contributed by atoms with van der Waals surface area (Å²) < 4.78 is 23.3. The summed E-state index contributed by atoms with van der Waals surface area (Å²) in [6.07, 6.45) is 1.18. The molecule has 0 aliphatic heterocycles. The van der Waals surface area contributed by atoms with E-state index in [0.29, 0.717) is 0 Å². The molecule has 0 aliphatic rings. The van der Waals surface area contributed by atoms with Crippen molar-refractivity contribution in [2.75, 3.05) is 0 Å². The molecule has 0 radical (unpaired) electrons. The SMILES string of the molecule is CC(C)(C)ONS(=O)(=O)c1cnc(Cl)s1. The molecule has 15 heavy (non-hydrogen) atoms. The van der Waals surface area contributed by atoms with Crippen LogP contribution in [0.3, 0.4) is 0 Å². The topological polar surface area (TPSA) is 68.3 Å². The molecule has 1 N–H and O–H groups in total. The van der Waals surface area contributed by atoms with Crippen LogP contribution in [0.25, 0.3) is 0 Å². The molecule has 0 bridgehead atoms. The molecule has 1 aromatic rings. The highest BCUT2D eigenvalue weighted by Crippen LogP contribution is 2.22. The van der Waals surface area contributed by atoms with Gasteiger partial charge in [0.05, 0.1) is 11.8 Å². The number of hydrogen-bond acceptors (Lipinski definition) is 5. The Morgan fingerprint density at radius 2 is 2.13 bits per heavy atom. The van der Waals surface area contributed by atoms with E-state index in [-0.39, 0.29) is 8.68 Å². The van der Waals surface area contributed by atoms with Crippen molar-refractivity contribution in [2.24, 2.45) is 0 Å². The van der Waals surface area contributed by atoms with Gasteiger partial charge in [0.2, 0.25) is 0 Å². The summed E-state index contributed by atoms with van der Waals surface area (Å²) in [6, 6.07) is 0. The van der Waals surface area contributed by atoms with E-state index < -0.39 is 15.6 Å². The fourth-order valence-electron chi connectivity index (χ4n) is 0.584. The van der Waals surface area contributed by atoms with Gasteiger partial charge in [-0.3, -0.25) is 4.84 Å². The zero-order chi connectivity index (χ0) is 11.7. The average Bonchev–Trinajstić information content (AvgIpc) is 2.48. The van der Waals surface area contributed by atoms with Crippen molar-refractivity contribution in [3.63, 3.8) is 0 Å². The lowest BCUT2D eigenvalue weighted by Crippen LogP contribution is -2.33. The second-order valence-electron chi connectivity index (χ2n) is 3.73.